The molecule has 0 aliphatic heterocycles. The van der Waals surface area contributed by atoms with Crippen molar-refractivity contribution in [3.05, 3.63) is 40.5 Å². The van der Waals surface area contributed by atoms with E-state index in [1.807, 2.05) is 32.0 Å². The van der Waals surface area contributed by atoms with Gasteiger partial charge < -0.3 is 5.11 Å². The smallest absolute Gasteiger partial charge is 0.304 e. The molecule has 5 heteroatoms. The highest BCUT2D eigenvalue weighted by atomic mass is 79.9. The van der Waals surface area contributed by atoms with Crippen LogP contribution in [0.4, 0.5) is 0 Å². The number of nitrogens with zero attached hydrogens (tertiary/aromatic N) is 2. The Hall–Kier alpha value is -1.46. The molecule has 0 bridgehead atoms. The summed E-state index contributed by atoms with van der Waals surface area (Å²) in [4.78, 5) is 17.5. The van der Waals surface area contributed by atoms with Crippen LogP contribution in [0, 0.1) is 0 Å². The van der Waals surface area contributed by atoms with E-state index < -0.39 is 5.97 Å². The highest BCUT2D eigenvalue weighted by molar-refractivity contribution is 9.10. The molecule has 0 fully saturated rings. The first-order chi connectivity index (χ1) is 10.0. The molecule has 0 aliphatic rings. The molecule has 1 N–H and O–H groups in total. The highest BCUT2D eigenvalue weighted by Crippen LogP contribution is 2.26. The Bertz CT molecular complexity index is 645. The lowest BCUT2D eigenvalue weighted by molar-refractivity contribution is -0.138. The van der Waals surface area contributed by atoms with E-state index in [0.29, 0.717) is 6.54 Å². The zero-order valence-corrected chi connectivity index (χ0v) is 13.8. The highest BCUT2D eigenvalue weighted by Gasteiger charge is 2.17. The maximum absolute atomic E-state index is 10.9. The molecule has 0 radical (unpaired) electrons. The van der Waals surface area contributed by atoms with Crippen LogP contribution in [0.1, 0.15) is 25.8 Å². The van der Waals surface area contributed by atoms with E-state index in [2.05, 4.69) is 31.9 Å². The summed E-state index contributed by atoms with van der Waals surface area (Å²) in [7, 11) is 0. The van der Waals surface area contributed by atoms with E-state index in [0.717, 1.165) is 27.5 Å². The Morgan fingerprint density at radius 3 is 2.86 bits per heavy atom. The fourth-order valence-corrected chi connectivity index (χ4v) is 2.96. The van der Waals surface area contributed by atoms with Crippen LogP contribution < -0.4 is 0 Å². The molecule has 2 rings (SSSR count). The number of carboxylic acids is 1. The molecule has 1 unspecified atom stereocenters. The van der Waals surface area contributed by atoms with Crippen LogP contribution in [0.2, 0.25) is 0 Å². The van der Waals surface area contributed by atoms with Crippen molar-refractivity contribution in [2.24, 2.45) is 0 Å². The molecule has 1 heterocycles. The minimum absolute atomic E-state index is 0.00471. The van der Waals surface area contributed by atoms with Gasteiger partial charge in [0, 0.05) is 28.6 Å². The Kier molecular flexibility index (Phi) is 5.31. The Labute approximate surface area is 132 Å². The second kappa shape index (κ2) is 7.00. The predicted molar refractivity (Wildman–Crippen MR) is 87.2 cm³/mol. The number of fused-ring (bicyclic) bond motifs is 1. The van der Waals surface area contributed by atoms with Gasteiger partial charge in [-0.25, -0.2) is 0 Å². The van der Waals surface area contributed by atoms with Crippen LogP contribution >= 0.6 is 15.9 Å². The number of rotatable bonds is 6. The van der Waals surface area contributed by atoms with Gasteiger partial charge in [0.1, 0.15) is 0 Å². The zero-order chi connectivity index (χ0) is 15.4. The lowest BCUT2D eigenvalue weighted by Crippen LogP contribution is -2.34. The van der Waals surface area contributed by atoms with Crippen molar-refractivity contribution in [2.75, 3.05) is 6.54 Å². The fourth-order valence-electron chi connectivity index (χ4n) is 2.50. The normalized spacial score (nSPS) is 12.8. The van der Waals surface area contributed by atoms with Gasteiger partial charge in [-0.05, 0) is 31.2 Å². The summed E-state index contributed by atoms with van der Waals surface area (Å²) >= 11 is 3.54. The summed E-state index contributed by atoms with van der Waals surface area (Å²) < 4.78 is 1.02. The second-order valence-electron chi connectivity index (χ2n) is 5.12. The second-order valence-corrected chi connectivity index (χ2v) is 5.97. The number of benzene rings is 1. The van der Waals surface area contributed by atoms with Crippen LogP contribution in [0.15, 0.2) is 34.9 Å². The quantitative estimate of drug-likeness (QED) is 0.863. The van der Waals surface area contributed by atoms with Crippen molar-refractivity contribution in [1.82, 2.24) is 9.88 Å². The summed E-state index contributed by atoms with van der Waals surface area (Å²) in [6, 6.07) is 8.02. The largest absolute Gasteiger partial charge is 0.481 e. The SMILES string of the molecule is CCN(Cc1ccc(Br)c2cccnc12)C(C)CC(=O)O. The molecule has 1 aromatic carbocycles. The van der Waals surface area contributed by atoms with Crippen molar-refractivity contribution in [1.29, 1.82) is 0 Å². The van der Waals surface area contributed by atoms with E-state index >= 15 is 0 Å². The number of halogens is 1. The summed E-state index contributed by atoms with van der Waals surface area (Å²) in [5.74, 6) is -0.764. The zero-order valence-electron chi connectivity index (χ0n) is 12.2. The molecule has 0 spiro atoms. The first kappa shape index (κ1) is 15.9. The third kappa shape index (κ3) is 3.80. The van der Waals surface area contributed by atoms with Crippen molar-refractivity contribution in [3.8, 4) is 0 Å². The molecule has 4 nitrogen and oxygen atoms in total. The Morgan fingerprint density at radius 2 is 2.19 bits per heavy atom. The van der Waals surface area contributed by atoms with E-state index in [1.165, 1.54) is 0 Å². The minimum Gasteiger partial charge on any atom is -0.481 e. The van der Waals surface area contributed by atoms with Gasteiger partial charge in [-0.2, -0.15) is 0 Å². The Balaban J connectivity index is 2.30. The molecule has 0 saturated heterocycles. The number of hydrogen-bond acceptors (Lipinski definition) is 3. The molecule has 21 heavy (non-hydrogen) atoms. The van der Waals surface area contributed by atoms with Gasteiger partial charge >= 0.3 is 5.97 Å². The molecular formula is C16H19BrN2O2. The van der Waals surface area contributed by atoms with Gasteiger partial charge in [0.2, 0.25) is 0 Å². The third-order valence-electron chi connectivity index (χ3n) is 3.67. The summed E-state index contributed by atoms with van der Waals surface area (Å²) in [6.07, 6.45) is 1.94. The van der Waals surface area contributed by atoms with Crippen molar-refractivity contribution in [3.63, 3.8) is 0 Å². The van der Waals surface area contributed by atoms with E-state index in [4.69, 9.17) is 5.11 Å². The summed E-state index contributed by atoms with van der Waals surface area (Å²) in [6.45, 7) is 5.50. The Morgan fingerprint density at radius 1 is 1.43 bits per heavy atom. The minimum atomic E-state index is -0.764. The number of aromatic nitrogens is 1. The van der Waals surface area contributed by atoms with Gasteiger partial charge in [-0.3, -0.25) is 14.7 Å². The number of carboxylic acid groups (broad SMARTS) is 1. The number of aliphatic carboxylic acids is 1. The predicted octanol–water partition coefficient (Wildman–Crippen LogP) is 3.68. The third-order valence-corrected chi connectivity index (χ3v) is 4.36. The topological polar surface area (TPSA) is 53.4 Å². The molecule has 112 valence electrons. The maximum Gasteiger partial charge on any atom is 0.304 e. The van der Waals surface area contributed by atoms with Crippen LogP contribution in [-0.4, -0.2) is 33.5 Å². The van der Waals surface area contributed by atoms with Gasteiger partial charge in [-0.1, -0.05) is 35.0 Å². The first-order valence-electron chi connectivity index (χ1n) is 7.01. The van der Waals surface area contributed by atoms with Crippen molar-refractivity contribution in [2.45, 2.75) is 32.9 Å². The molecule has 1 aromatic heterocycles. The van der Waals surface area contributed by atoms with Gasteiger partial charge in [0.05, 0.1) is 11.9 Å². The van der Waals surface area contributed by atoms with Crippen LogP contribution in [0.3, 0.4) is 0 Å². The van der Waals surface area contributed by atoms with Crippen LogP contribution in [0.5, 0.6) is 0 Å². The summed E-state index contributed by atoms with van der Waals surface area (Å²) in [5.41, 5.74) is 2.08. The molecule has 0 amide bonds. The van der Waals surface area contributed by atoms with Crippen molar-refractivity contribution < 1.29 is 9.90 Å². The number of carbonyl (C=O) groups is 1. The average molecular weight is 351 g/mol. The molecule has 0 aliphatic carbocycles. The molecule has 0 saturated carbocycles. The summed E-state index contributed by atoms with van der Waals surface area (Å²) in [5, 5.41) is 10.0. The average Bonchev–Trinajstić information content (AvgIpc) is 2.46. The monoisotopic (exact) mass is 350 g/mol. The van der Waals surface area contributed by atoms with E-state index in [-0.39, 0.29) is 12.5 Å². The molecular weight excluding hydrogens is 332 g/mol. The van der Waals surface area contributed by atoms with Crippen LogP contribution in [-0.2, 0) is 11.3 Å². The van der Waals surface area contributed by atoms with Crippen LogP contribution in [0.25, 0.3) is 10.9 Å². The maximum atomic E-state index is 10.9. The van der Waals surface area contributed by atoms with Gasteiger partial charge in [0.25, 0.3) is 0 Å². The number of hydrogen-bond donors (Lipinski definition) is 1. The lowest BCUT2D eigenvalue weighted by atomic mass is 10.1. The lowest BCUT2D eigenvalue weighted by Gasteiger charge is -2.27. The van der Waals surface area contributed by atoms with E-state index in [1.54, 1.807) is 6.20 Å². The van der Waals surface area contributed by atoms with Gasteiger partial charge in [-0.15, -0.1) is 0 Å². The fraction of sp³-hybridized carbons (Fsp3) is 0.375. The standard InChI is InChI=1S/C16H19BrN2O2/c1-3-19(11(2)9-15(20)21)10-12-6-7-14(17)13-5-4-8-18-16(12)13/h4-8,11H,3,9-10H2,1-2H3,(H,20,21). The first-order valence-corrected chi connectivity index (χ1v) is 7.80. The molecule has 1 atom stereocenters. The number of pyridine rings is 1. The van der Waals surface area contributed by atoms with E-state index in [9.17, 15) is 4.79 Å². The van der Waals surface area contributed by atoms with Crippen molar-refractivity contribution >= 4 is 32.8 Å². The van der Waals surface area contributed by atoms with Gasteiger partial charge in [0.15, 0.2) is 0 Å². The molecule has 2 aromatic rings.